The van der Waals surface area contributed by atoms with Gasteiger partial charge in [-0.2, -0.15) is 9.98 Å². The smallest absolute Gasteiger partial charge is 0.267 e. The molecular weight excluding hydrogens is 430 g/mol. The zero-order chi connectivity index (χ0) is 22.5. The third kappa shape index (κ3) is 3.69. The maximum atomic E-state index is 13.3. The molecule has 2 aliphatic rings. The number of hydrogen-bond acceptors (Lipinski definition) is 9. The van der Waals surface area contributed by atoms with Crippen molar-refractivity contribution in [3.63, 3.8) is 0 Å². The number of sulfonamides is 1. The van der Waals surface area contributed by atoms with E-state index < -0.39 is 15.6 Å². The summed E-state index contributed by atoms with van der Waals surface area (Å²) in [6.45, 7) is 5.09. The second-order valence-electron chi connectivity index (χ2n) is 8.43. The van der Waals surface area contributed by atoms with Crippen molar-refractivity contribution >= 4 is 26.6 Å². The largest absolute Gasteiger partial charge is 0.420 e. The molecule has 0 radical (unpaired) electrons. The lowest BCUT2D eigenvalue weighted by Gasteiger charge is -2.30. The topological polar surface area (TPSA) is 138 Å². The summed E-state index contributed by atoms with van der Waals surface area (Å²) in [6, 6.07) is 5.27. The van der Waals surface area contributed by atoms with Gasteiger partial charge in [-0.3, -0.25) is 0 Å². The molecule has 1 aliphatic heterocycles. The predicted molar refractivity (Wildman–Crippen MR) is 116 cm³/mol. The number of nitrogens with zero attached hydrogens (tertiary/aromatic N) is 6. The summed E-state index contributed by atoms with van der Waals surface area (Å²) in [5.41, 5.74) is 0.748. The van der Waals surface area contributed by atoms with E-state index in [1.807, 2.05) is 0 Å². The molecule has 1 aliphatic carbocycles. The second-order valence-corrected chi connectivity index (χ2v) is 10.1. The van der Waals surface area contributed by atoms with E-state index >= 15 is 0 Å². The van der Waals surface area contributed by atoms with Crippen LogP contribution in [-0.2, 0) is 10.0 Å². The summed E-state index contributed by atoms with van der Waals surface area (Å²) < 4.78 is 34.7. The molecule has 0 bridgehead atoms. The van der Waals surface area contributed by atoms with Crippen molar-refractivity contribution in [2.75, 3.05) is 18.0 Å². The van der Waals surface area contributed by atoms with Gasteiger partial charge in [-0.15, -0.1) is 10.2 Å². The average molecular weight is 454 g/mol. The maximum absolute atomic E-state index is 13.3. The van der Waals surface area contributed by atoms with Crippen molar-refractivity contribution in [3.05, 3.63) is 23.8 Å². The molecule has 0 spiro atoms. The van der Waals surface area contributed by atoms with Crippen LogP contribution in [0.3, 0.4) is 0 Å². The number of piperidine rings is 1. The molecular formula is C21H23N7O3S. The van der Waals surface area contributed by atoms with Crippen LogP contribution in [0.15, 0.2) is 21.4 Å². The lowest BCUT2D eigenvalue weighted by molar-refractivity contribution is 0.531. The number of hydrogen-bond donors (Lipinski definition) is 1. The molecule has 3 aromatic rings. The van der Waals surface area contributed by atoms with Crippen LogP contribution < -0.4 is 9.62 Å². The van der Waals surface area contributed by atoms with Gasteiger partial charge in [-0.25, -0.2) is 18.4 Å². The quantitative estimate of drug-likeness (QED) is 0.617. The van der Waals surface area contributed by atoms with E-state index in [1.54, 1.807) is 19.9 Å². The molecule has 11 heteroatoms. The summed E-state index contributed by atoms with van der Waals surface area (Å²) in [5.74, 6) is 1.12. The SMILES string of the molecule is Cc1nc(-c2nnc(C)o2)c2cc(S(=O)(=O)NC3(C#N)CC3)cc(N3CCCCC3)c2n1. The molecule has 1 saturated heterocycles. The zero-order valence-corrected chi connectivity index (χ0v) is 18.7. The van der Waals surface area contributed by atoms with E-state index in [4.69, 9.17) is 4.42 Å². The maximum Gasteiger partial charge on any atom is 0.267 e. The van der Waals surface area contributed by atoms with E-state index in [0.717, 1.165) is 38.0 Å². The van der Waals surface area contributed by atoms with Crippen molar-refractivity contribution < 1.29 is 12.8 Å². The number of fused-ring (bicyclic) bond motifs is 1. The Morgan fingerprint density at radius 3 is 2.50 bits per heavy atom. The van der Waals surface area contributed by atoms with E-state index in [9.17, 15) is 13.7 Å². The molecule has 1 N–H and O–H groups in total. The first-order chi connectivity index (χ1) is 15.3. The summed E-state index contributed by atoms with van der Waals surface area (Å²) in [5, 5.41) is 17.9. The van der Waals surface area contributed by atoms with Crippen LogP contribution in [0.25, 0.3) is 22.5 Å². The summed E-state index contributed by atoms with van der Waals surface area (Å²) in [7, 11) is -3.95. The second kappa shape index (κ2) is 7.50. The molecule has 0 atom stereocenters. The fraction of sp³-hybridized carbons (Fsp3) is 0.476. The fourth-order valence-corrected chi connectivity index (χ4v) is 5.49. The summed E-state index contributed by atoms with van der Waals surface area (Å²) in [4.78, 5) is 11.4. The third-order valence-corrected chi connectivity index (χ3v) is 7.41. The monoisotopic (exact) mass is 453 g/mol. The number of aryl methyl sites for hydroxylation is 2. The van der Waals surface area contributed by atoms with Gasteiger partial charge in [0.25, 0.3) is 5.89 Å². The Labute approximate surface area is 185 Å². The minimum absolute atomic E-state index is 0.0667. The Morgan fingerprint density at radius 2 is 1.88 bits per heavy atom. The molecule has 1 saturated carbocycles. The standard InChI is InChI=1S/C21H23N7O3S/c1-13-23-18-16(19(24-13)20-26-25-14(2)31-20)10-15(11-17(18)28-8-4-3-5-9-28)32(29,30)27-21(12-22)6-7-21/h10-11,27H,3-9H2,1-2H3. The van der Waals surface area contributed by atoms with Gasteiger partial charge < -0.3 is 9.32 Å². The van der Waals surface area contributed by atoms with Gasteiger partial charge in [0, 0.05) is 25.4 Å². The van der Waals surface area contributed by atoms with Gasteiger partial charge in [0.1, 0.15) is 17.1 Å². The molecule has 2 fully saturated rings. The van der Waals surface area contributed by atoms with Crippen molar-refractivity contribution in [1.82, 2.24) is 24.9 Å². The van der Waals surface area contributed by atoms with Crippen LogP contribution in [0.1, 0.15) is 43.8 Å². The van der Waals surface area contributed by atoms with Gasteiger partial charge in [0.05, 0.1) is 22.2 Å². The highest BCUT2D eigenvalue weighted by Crippen LogP contribution is 2.39. The first-order valence-corrected chi connectivity index (χ1v) is 12.1. The van der Waals surface area contributed by atoms with Gasteiger partial charge >= 0.3 is 0 Å². The first kappa shape index (κ1) is 20.8. The average Bonchev–Trinajstić information content (AvgIpc) is 3.41. The number of nitriles is 1. The molecule has 3 heterocycles. The van der Waals surface area contributed by atoms with Crippen LogP contribution in [0.2, 0.25) is 0 Å². The number of rotatable bonds is 5. The highest BCUT2D eigenvalue weighted by Gasteiger charge is 2.47. The highest BCUT2D eigenvalue weighted by molar-refractivity contribution is 7.89. The number of benzene rings is 1. The van der Waals surface area contributed by atoms with Crippen molar-refractivity contribution in [2.45, 2.75) is 56.4 Å². The van der Waals surface area contributed by atoms with Crippen LogP contribution >= 0.6 is 0 Å². The first-order valence-electron chi connectivity index (χ1n) is 10.6. The van der Waals surface area contributed by atoms with Crippen molar-refractivity contribution in [2.24, 2.45) is 0 Å². The summed E-state index contributed by atoms with van der Waals surface area (Å²) >= 11 is 0. The Balaban J connectivity index is 1.75. The number of nitrogens with one attached hydrogen (secondary N) is 1. The van der Waals surface area contributed by atoms with E-state index in [-0.39, 0.29) is 10.8 Å². The minimum Gasteiger partial charge on any atom is -0.420 e. The molecule has 32 heavy (non-hydrogen) atoms. The molecule has 10 nitrogen and oxygen atoms in total. The summed E-state index contributed by atoms with van der Waals surface area (Å²) in [6.07, 6.45) is 4.19. The Morgan fingerprint density at radius 1 is 1.12 bits per heavy atom. The zero-order valence-electron chi connectivity index (χ0n) is 17.9. The molecule has 0 unspecified atom stereocenters. The predicted octanol–water partition coefficient (Wildman–Crippen LogP) is 2.62. The Bertz CT molecular complexity index is 1350. The normalized spacial score (nSPS) is 18.0. The van der Waals surface area contributed by atoms with Crippen LogP contribution in [-0.4, -0.2) is 47.2 Å². The molecule has 0 amide bonds. The van der Waals surface area contributed by atoms with Gasteiger partial charge in [0.15, 0.2) is 0 Å². The van der Waals surface area contributed by atoms with E-state index in [1.165, 1.54) is 6.07 Å². The lowest BCUT2D eigenvalue weighted by Crippen LogP contribution is -2.36. The molecule has 1 aromatic carbocycles. The van der Waals surface area contributed by atoms with Crippen LogP contribution in [0, 0.1) is 25.2 Å². The molecule has 2 aromatic heterocycles. The van der Waals surface area contributed by atoms with Gasteiger partial charge in [-0.05, 0) is 51.2 Å². The lowest BCUT2D eigenvalue weighted by atomic mass is 10.1. The van der Waals surface area contributed by atoms with E-state index in [2.05, 4.69) is 35.9 Å². The molecule has 5 rings (SSSR count). The Kier molecular flexibility index (Phi) is 4.87. The van der Waals surface area contributed by atoms with Crippen molar-refractivity contribution in [1.29, 1.82) is 5.26 Å². The number of anilines is 1. The number of aromatic nitrogens is 4. The Hall–Kier alpha value is -3.10. The van der Waals surface area contributed by atoms with Gasteiger partial charge in [0.2, 0.25) is 15.9 Å². The van der Waals surface area contributed by atoms with E-state index in [0.29, 0.717) is 41.2 Å². The molecule has 166 valence electrons. The minimum atomic E-state index is -3.95. The van der Waals surface area contributed by atoms with Crippen molar-refractivity contribution in [3.8, 4) is 17.7 Å². The van der Waals surface area contributed by atoms with Gasteiger partial charge in [-0.1, -0.05) is 0 Å². The third-order valence-electron chi connectivity index (χ3n) is 5.90. The highest BCUT2D eigenvalue weighted by atomic mass is 32.2. The fourth-order valence-electron chi connectivity index (χ4n) is 4.06. The van der Waals surface area contributed by atoms with Crippen LogP contribution in [0.5, 0.6) is 0 Å². The van der Waals surface area contributed by atoms with Crippen LogP contribution in [0.4, 0.5) is 5.69 Å².